The standard InChI is InChI=1S/C15H17N3O3/c1-10(9-20-3)17-14(19)13-11(2)21-15(12(13)8-16)18-6-4-5-7-18/h4-7,10H,9H2,1-3H3,(H,17,19). The SMILES string of the molecule is COCC(C)NC(=O)c1c(C)oc(-n2cccc2)c1C#N. The molecule has 0 radical (unpaired) electrons. The molecule has 6 nitrogen and oxygen atoms in total. The Kier molecular flexibility index (Phi) is 4.45. The van der Waals surface area contributed by atoms with Crippen LogP contribution in [0.15, 0.2) is 28.9 Å². The highest BCUT2D eigenvalue weighted by atomic mass is 16.5. The van der Waals surface area contributed by atoms with Crippen molar-refractivity contribution in [2.45, 2.75) is 19.9 Å². The summed E-state index contributed by atoms with van der Waals surface area (Å²) in [5.74, 6) is 0.428. The van der Waals surface area contributed by atoms with Gasteiger partial charge in [0.2, 0.25) is 5.88 Å². The molecule has 0 fully saturated rings. The maximum Gasteiger partial charge on any atom is 0.256 e. The Balaban J connectivity index is 2.36. The first-order chi connectivity index (χ1) is 10.1. The molecule has 0 aliphatic carbocycles. The second-order valence-electron chi connectivity index (χ2n) is 4.75. The molecule has 2 rings (SSSR count). The van der Waals surface area contributed by atoms with Gasteiger partial charge in [-0.15, -0.1) is 0 Å². The molecule has 0 bridgehead atoms. The van der Waals surface area contributed by atoms with Crippen LogP contribution in [0.3, 0.4) is 0 Å². The van der Waals surface area contributed by atoms with Gasteiger partial charge in [0, 0.05) is 25.5 Å². The number of ether oxygens (including phenoxy) is 1. The number of nitrogens with one attached hydrogen (secondary N) is 1. The van der Waals surface area contributed by atoms with E-state index in [-0.39, 0.29) is 23.1 Å². The van der Waals surface area contributed by atoms with Crippen molar-refractivity contribution < 1.29 is 13.9 Å². The molecule has 21 heavy (non-hydrogen) atoms. The number of furan rings is 1. The maximum absolute atomic E-state index is 12.3. The molecule has 2 heterocycles. The van der Waals surface area contributed by atoms with Gasteiger partial charge in [0.25, 0.3) is 5.91 Å². The average molecular weight is 287 g/mol. The average Bonchev–Trinajstić information content (AvgIpc) is 3.05. The third kappa shape index (κ3) is 2.98. The Labute approximate surface area is 122 Å². The van der Waals surface area contributed by atoms with Gasteiger partial charge in [-0.05, 0) is 26.0 Å². The van der Waals surface area contributed by atoms with Gasteiger partial charge in [-0.3, -0.25) is 9.36 Å². The van der Waals surface area contributed by atoms with Gasteiger partial charge in [-0.1, -0.05) is 0 Å². The van der Waals surface area contributed by atoms with Gasteiger partial charge >= 0.3 is 0 Å². The number of amides is 1. The Morgan fingerprint density at radius 2 is 2.19 bits per heavy atom. The number of rotatable bonds is 5. The van der Waals surface area contributed by atoms with E-state index in [1.165, 1.54) is 0 Å². The Bertz CT molecular complexity index is 665. The molecular formula is C15H17N3O3. The van der Waals surface area contributed by atoms with Gasteiger partial charge in [0.1, 0.15) is 23.0 Å². The first-order valence-electron chi connectivity index (χ1n) is 6.55. The van der Waals surface area contributed by atoms with Gasteiger partial charge in [-0.25, -0.2) is 0 Å². The molecule has 1 amide bonds. The van der Waals surface area contributed by atoms with Crippen LogP contribution >= 0.6 is 0 Å². The number of hydrogen-bond donors (Lipinski definition) is 1. The topological polar surface area (TPSA) is 80.2 Å². The summed E-state index contributed by atoms with van der Waals surface area (Å²) >= 11 is 0. The largest absolute Gasteiger partial charge is 0.443 e. The molecule has 0 saturated heterocycles. The number of aromatic nitrogens is 1. The molecule has 1 unspecified atom stereocenters. The van der Waals surface area contributed by atoms with Gasteiger partial charge in [0.15, 0.2) is 0 Å². The second kappa shape index (κ2) is 6.29. The van der Waals surface area contributed by atoms with Gasteiger partial charge < -0.3 is 14.5 Å². The van der Waals surface area contributed by atoms with Crippen LogP contribution in [0.2, 0.25) is 0 Å². The van der Waals surface area contributed by atoms with Crippen LogP contribution in [-0.2, 0) is 4.74 Å². The van der Waals surface area contributed by atoms with Gasteiger partial charge in [-0.2, -0.15) is 5.26 Å². The molecule has 6 heteroatoms. The van der Waals surface area contributed by atoms with Crippen molar-refractivity contribution in [1.82, 2.24) is 9.88 Å². The Morgan fingerprint density at radius 3 is 2.76 bits per heavy atom. The van der Waals surface area contributed by atoms with Crippen molar-refractivity contribution in [3.8, 4) is 12.0 Å². The lowest BCUT2D eigenvalue weighted by molar-refractivity contribution is 0.0904. The van der Waals surface area contributed by atoms with E-state index in [1.54, 1.807) is 31.0 Å². The summed E-state index contributed by atoms with van der Waals surface area (Å²) in [4.78, 5) is 12.3. The number of nitriles is 1. The molecule has 1 N–H and O–H groups in total. The summed E-state index contributed by atoms with van der Waals surface area (Å²) < 4.78 is 12.2. The molecule has 110 valence electrons. The first kappa shape index (κ1) is 14.9. The van der Waals surface area contributed by atoms with Crippen molar-refractivity contribution in [2.24, 2.45) is 0 Å². The third-order valence-electron chi connectivity index (χ3n) is 3.04. The fourth-order valence-electron chi connectivity index (χ4n) is 2.15. The van der Waals surface area contributed by atoms with Crippen LogP contribution in [0.5, 0.6) is 0 Å². The first-order valence-corrected chi connectivity index (χ1v) is 6.55. The van der Waals surface area contributed by atoms with Crippen molar-refractivity contribution >= 4 is 5.91 Å². The van der Waals surface area contributed by atoms with Crippen LogP contribution in [-0.4, -0.2) is 30.2 Å². The molecule has 2 aromatic heterocycles. The summed E-state index contributed by atoms with van der Waals surface area (Å²) in [5.41, 5.74) is 0.495. The Hall–Kier alpha value is -2.52. The van der Waals surface area contributed by atoms with Gasteiger partial charge in [0.05, 0.1) is 6.61 Å². The number of nitrogens with zero attached hydrogens (tertiary/aromatic N) is 2. The molecule has 0 aliphatic heterocycles. The zero-order valence-corrected chi connectivity index (χ0v) is 12.2. The number of aryl methyl sites for hydroxylation is 1. The predicted octanol–water partition coefficient (Wildman–Crippen LogP) is 2.02. The lowest BCUT2D eigenvalue weighted by Gasteiger charge is -2.12. The highest BCUT2D eigenvalue weighted by molar-refractivity contribution is 5.98. The lowest BCUT2D eigenvalue weighted by atomic mass is 10.1. The summed E-state index contributed by atoms with van der Waals surface area (Å²) in [6.45, 7) is 3.90. The monoisotopic (exact) mass is 287 g/mol. The number of carbonyl (C=O) groups is 1. The van der Waals surface area contributed by atoms with Crippen molar-refractivity contribution in [3.63, 3.8) is 0 Å². The van der Waals surface area contributed by atoms with Crippen molar-refractivity contribution in [3.05, 3.63) is 41.4 Å². The highest BCUT2D eigenvalue weighted by Gasteiger charge is 2.25. The van der Waals surface area contributed by atoms with E-state index in [9.17, 15) is 10.1 Å². The summed E-state index contributed by atoms with van der Waals surface area (Å²) in [5, 5.41) is 12.2. The molecule has 0 aromatic carbocycles. The van der Waals surface area contributed by atoms with E-state index >= 15 is 0 Å². The van der Waals surface area contributed by atoms with Crippen LogP contribution < -0.4 is 5.32 Å². The number of carbonyl (C=O) groups excluding carboxylic acids is 1. The highest BCUT2D eigenvalue weighted by Crippen LogP contribution is 2.25. The molecule has 0 saturated carbocycles. The molecular weight excluding hydrogens is 270 g/mol. The van der Waals surface area contributed by atoms with Crippen LogP contribution in [0.25, 0.3) is 5.88 Å². The van der Waals surface area contributed by atoms with E-state index in [4.69, 9.17) is 9.15 Å². The van der Waals surface area contributed by atoms with E-state index in [1.807, 2.05) is 19.1 Å². The zero-order valence-electron chi connectivity index (χ0n) is 12.2. The van der Waals surface area contributed by atoms with E-state index in [0.717, 1.165) is 0 Å². The Morgan fingerprint density at radius 1 is 1.52 bits per heavy atom. The van der Waals surface area contributed by atoms with Crippen molar-refractivity contribution in [2.75, 3.05) is 13.7 Å². The summed E-state index contributed by atoms with van der Waals surface area (Å²) in [7, 11) is 1.57. The van der Waals surface area contributed by atoms with Crippen LogP contribution in [0.1, 0.15) is 28.6 Å². The smallest absolute Gasteiger partial charge is 0.256 e. The zero-order chi connectivity index (χ0) is 15.4. The maximum atomic E-state index is 12.3. The molecule has 1 atom stereocenters. The fraction of sp³-hybridized carbons (Fsp3) is 0.333. The number of methoxy groups -OCH3 is 1. The van der Waals surface area contributed by atoms with Crippen LogP contribution in [0.4, 0.5) is 0 Å². The molecule has 0 spiro atoms. The minimum Gasteiger partial charge on any atom is -0.443 e. The number of hydrogen-bond acceptors (Lipinski definition) is 4. The predicted molar refractivity (Wildman–Crippen MR) is 76.3 cm³/mol. The quantitative estimate of drug-likeness (QED) is 0.912. The minimum atomic E-state index is -0.337. The third-order valence-corrected chi connectivity index (χ3v) is 3.04. The van der Waals surface area contributed by atoms with E-state index in [2.05, 4.69) is 11.4 Å². The molecule has 0 aliphatic rings. The van der Waals surface area contributed by atoms with Crippen LogP contribution in [0, 0.1) is 18.3 Å². The van der Waals surface area contributed by atoms with E-state index in [0.29, 0.717) is 18.3 Å². The van der Waals surface area contributed by atoms with Crippen molar-refractivity contribution in [1.29, 1.82) is 5.26 Å². The van der Waals surface area contributed by atoms with E-state index < -0.39 is 0 Å². The summed E-state index contributed by atoms with van der Waals surface area (Å²) in [6.07, 6.45) is 3.52. The fourth-order valence-corrected chi connectivity index (χ4v) is 2.15. The molecule has 2 aromatic rings. The normalized spacial score (nSPS) is 11.9. The lowest BCUT2D eigenvalue weighted by Crippen LogP contribution is -2.36. The summed E-state index contributed by atoms with van der Waals surface area (Å²) in [6, 6.07) is 5.54. The second-order valence-corrected chi connectivity index (χ2v) is 4.75. The minimum absolute atomic E-state index is 0.154.